The Balaban J connectivity index is -0.0000000123. The summed E-state index contributed by atoms with van der Waals surface area (Å²) in [6.45, 7) is 14.7. The van der Waals surface area contributed by atoms with Crippen molar-refractivity contribution >= 4 is 26.9 Å². The van der Waals surface area contributed by atoms with Crippen LogP contribution in [0.3, 0.4) is 0 Å². The smallest absolute Gasteiger partial charge is 0.204 e. The first-order valence-electron chi connectivity index (χ1n) is 4.34. The third-order valence-electron chi connectivity index (χ3n) is 0.408. The van der Waals surface area contributed by atoms with Crippen LogP contribution in [-0.4, -0.2) is 38.8 Å². The normalized spacial score (nSPS) is 6.67. The molecule has 0 saturated heterocycles. The topological polar surface area (TPSA) is 29.5 Å². The minimum absolute atomic E-state index is 0. The Morgan fingerprint density at radius 1 is 0.778 bits per heavy atom. The molecular weight excluding hydrogens is 542 g/mol. The van der Waals surface area contributed by atoms with E-state index in [1.54, 1.807) is 7.11 Å². The van der Waals surface area contributed by atoms with Crippen LogP contribution in [0.25, 0.3) is 0 Å². The zero-order valence-corrected chi connectivity index (χ0v) is 26.4. The predicted molar refractivity (Wildman–Crippen MR) is 74.0 cm³/mol. The van der Waals surface area contributed by atoms with Crippen molar-refractivity contribution in [2.45, 2.75) is 45.8 Å². The third kappa shape index (κ3) is 185. The van der Waals surface area contributed by atoms with Crippen molar-refractivity contribution in [2.24, 2.45) is 0 Å². The van der Waals surface area contributed by atoms with Crippen LogP contribution in [0.4, 0.5) is 0 Å². The van der Waals surface area contributed by atoms with E-state index < -0.39 is 9.04 Å². The summed E-state index contributed by atoms with van der Waals surface area (Å²) >= 11 is 0. The Morgan fingerprint density at radius 3 is 0.833 bits per heavy atom. The largest absolute Gasteiger partial charge is 0.432 e. The van der Waals surface area contributed by atoms with E-state index in [9.17, 15) is 0 Å². The van der Waals surface area contributed by atoms with Crippen LogP contribution >= 0.6 is 0 Å². The summed E-state index contributed by atoms with van der Waals surface area (Å²) in [5, 5.41) is 0. The quantitative estimate of drug-likeness (QED) is 0.389. The monoisotopic (exact) mass is 570 g/mol. The maximum atomic E-state index is 8.16. The average molecular weight is 570 g/mol. The predicted octanol–water partition coefficient (Wildman–Crippen LogP) is 2.92. The summed E-state index contributed by atoms with van der Waals surface area (Å²) in [5.74, 6) is 0. The number of hydrogen-bond donors (Lipinski definition) is 1. The maximum absolute atomic E-state index is 8.16. The maximum Gasteiger partial charge on any atom is 0.204 e. The van der Waals surface area contributed by atoms with Crippen LogP contribution in [-0.2, 0) is 121 Å². The van der Waals surface area contributed by atoms with E-state index in [0.29, 0.717) is 0 Å². The van der Waals surface area contributed by atoms with Gasteiger partial charge in [0, 0.05) is 133 Å². The van der Waals surface area contributed by atoms with Gasteiger partial charge in [-0.3, -0.25) is 0 Å². The molecular formula is C9H28O2Si3VY3-. The van der Waals surface area contributed by atoms with Crippen LogP contribution < -0.4 is 0 Å². The first-order valence-corrected chi connectivity index (χ1v) is 12.2. The summed E-state index contributed by atoms with van der Waals surface area (Å²) < 4.78 is 4.85. The van der Waals surface area contributed by atoms with Crippen molar-refractivity contribution in [3.05, 3.63) is 7.43 Å². The van der Waals surface area contributed by atoms with Gasteiger partial charge >= 0.3 is 0 Å². The summed E-state index contributed by atoms with van der Waals surface area (Å²) in [7, 11) is 0.611. The molecule has 0 spiro atoms. The Labute approximate surface area is 209 Å². The fourth-order valence-corrected chi connectivity index (χ4v) is 0. The van der Waals surface area contributed by atoms with Crippen molar-refractivity contribution in [1.82, 2.24) is 0 Å². The van der Waals surface area contributed by atoms with Crippen molar-refractivity contribution in [3.63, 3.8) is 0 Å². The second-order valence-electron chi connectivity index (χ2n) is 3.56. The zero-order chi connectivity index (χ0) is 11.4. The Morgan fingerprint density at radius 2 is 0.833 bits per heavy atom. The van der Waals surface area contributed by atoms with Crippen LogP contribution in [0.1, 0.15) is 0 Å². The molecule has 0 aromatic heterocycles. The molecule has 7 radical (unpaired) electrons. The van der Waals surface area contributed by atoms with E-state index in [2.05, 4.69) is 32.7 Å². The molecule has 0 aromatic carbocycles. The van der Waals surface area contributed by atoms with Gasteiger partial charge in [0.15, 0.2) is 9.04 Å². The van der Waals surface area contributed by atoms with E-state index in [1.807, 2.05) is 13.1 Å². The van der Waals surface area contributed by atoms with Gasteiger partial charge in [0.25, 0.3) is 0 Å². The van der Waals surface area contributed by atoms with Crippen molar-refractivity contribution in [3.8, 4) is 0 Å². The first kappa shape index (κ1) is 49.5. The van der Waals surface area contributed by atoms with Gasteiger partial charge in [0.05, 0.1) is 0 Å². The molecule has 0 aromatic rings. The Hall–Kier alpha value is 4.47. The molecule has 0 aliphatic carbocycles. The van der Waals surface area contributed by atoms with E-state index in [-0.39, 0.29) is 142 Å². The molecule has 0 fully saturated rings. The van der Waals surface area contributed by atoms with Crippen molar-refractivity contribution < 1.29 is 126 Å². The molecule has 1 N–H and O–H groups in total. The minimum Gasteiger partial charge on any atom is -0.432 e. The van der Waals surface area contributed by atoms with Gasteiger partial charge in [0.1, 0.15) is 0 Å². The Kier molecular flexibility index (Phi) is 118. The van der Waals surface area contributed by atoms with E-state index >= 15 is 0 Å². The second kappa shape index (κ2) is 43.0. The van der Waals surface area contributed by atoms with Gasteiger partial charge in [-0.05, 0) is 26.2 Å². The molecule has 0 aliphatic rings. The summed E-state index contributed by atoms with van der Waals surface area (Å²) in [4.78, 5) is 8.16. The van der Waals surface area contributed by atoms with Gasteiger partial charge < -0.3 is 16.6 Å². The molecule has 2 nitrogen and oxygen atoms in total. The Bertz CT molecular complexity index is 83.9. The van der Waals surface area contributed by atoms with Crippen molar-refractivity contribution in [1.29, 1.82) is 0 Å². The van der Waals surface area contributed by atoms with Gasteiger partial charge in [-0.1, -0.05) is 19.6 Å². The summed E-state index contributed by atoms with van der Waals surface area (Å²) in [5.41, 5.74) is 0. The van der Waals surface area contributed by atoms with Gasteiger partial charge in [-0.25, -0.2) is 0 Å². The molecule has 0 heterocycles. The molecule has 9 heteroatoms. The van der Waals surface area contributed by atoms with Crippen LogP contribution in [0, 0.1) is 7.43 Å². The molecule has 103 valence electrons. The van der Waals surface area contributed by atoms with Crippen LogP contribution in [0.15, 0.2) is 0 Å². The van der Waals surface area contributed by atoms with Crippen molar-refractivity contribution in [2.75, 3.05) is 7.11 Å². The SMILES string of the molecule is CO[Si](C)C.C[Si](C)C.C[Si](C)O.[CH3-].[V].[Y].[Y].[Y]. The average Bonchev–Trinajstić information content (AvgIpc) is 1.84. The number of hydrogen-bond acceptors (Lipinski definition) is 2. The first-order chi connectivity index (χ1) is 5.73. The standard InChI is InChI=1S/C3H9OSi.C3H9Si.C2H7OSi.CH3.V.3Y/c1-4-5(2)3;2*1-4(2)3;;;;;/h1-3H3;1-3H3;3H,1-2H3;1H3;;;;/q;;;-1;;;;. The molecule has 18 heavy (non-hydrogen) atoms. The van der Waals surface area contributed by atoms with Crippen LogP contribution in [0.2, 0.25) is 45.8 Å². The molecule has 0 aliphatic heterocycles. The molecule has 0 saturated carbocycles. The van der Waals surface area contributed by atoms with E-state index in [4.69, 9.17) is 9.22 Å². The molecule has 0 bridgehead atoms. The van der Waals surface area contributed by atoms with Gasteiger partial charge in [-0.2, -0.15) is 0 Å². The molecule has 0 atom stereocenters. The fraction of sp³-hybridized carbons (Fsp3) is 0.889. The third-order valence-corrected chi connectivity index (χ3v) is 1.22. The fourth-order valence-electron chi connectivity index (χ4n) is 0. The zero-order valence-electron chi connectivity index (χ0n) is 13.5. The molecule has 0 amide bonds. The second-order valence-corrected chi connectivity index (χ2v) is 10.7. The van der Waals surface area contributed by atoms with Crippen LogP contribution in [0.5, 0.6) is 0 Å². The summed E-state index contributed by atoms with van der Waals surface area (Å²) in [6.07, 6.45) is 0. The number of rotatable bonds is 1. The van der Waals surface area contributed by atoms with Gasteiger partial charge in [0.2, 0.25) is 9.04 Å². The van der Waals surface area contributed by atoms with E-state index in [0.717, 1.165) is 0 Å². The molecule has 0 rings (SSSR count). The molecule has 0 unspecified atom stereocenters. The summed E-state index contributed by atoms with van der Waals surface area (Å²) in [6, 6.07) is 0. The van der Waals surface area contributed by atoms with E-state index in [1.165, 1.54) is 0 Å². The van der Waals surface area contributed by atoms with Gasteiger partial charge in [-0.15, -0.1) is 0 Å². The minimum atomic E-state index is -0.880.